The van der Waals surface area contributed by atoms with Gasteiger partial charge in [0.1, 0.15) is 0 Å². The number of rotatable bonds is 4. The molecule has 38 heavy (non-hydrogen) atoms. The molecule has 0 atom stereocenters. The van der Waals surface area contributed by atoms with E-state index in [4.69, 9.17) is 4.98 Å². The highest BCUT2D eigenvalue weighted by Crippen LogP contribution is 2.35. The average molecular weight is 551 g/mol. The van der Waals surface area contributed by atoms with Crippen LogP contribution in [0.3, 0.4) is 0 Å². The van der Waals surface area contributed by atoms with Crippen molar-refractivity contribution in [2.75, 3.05) is 0 Å². The minimum atomic E-state index is 0.960. The molecular formula is C35H23BrN2. The molecule has 0 amide bonds. The molecule has 0 aliphatic rings. The summed E-state index contributed by atoms with van der Waals surface area (Å²) < 4.78 is 3.41. The summed E-state index contributed by atoms with van der Waals surface area (Å²) in [6.07, 6.45) is 0. The highest BCUT2D eigenvalue weighted by atomic mass is 79.9. The first-order valence-electron chi connectivity index (χ1n) is 12.7. The number of nitrogens with zero attached hydrogens (tertiary/aromatic N) is 2. The van der Waals surface area contributed by atoms with Gasteiger partial charge in [0, 0.05) is 32.1 Å². The summed E-state index contributed by atoms with van der Waals surface area (Å²) in [6.45, 7) is 0. The van der Waals surface area contributed by atoms with E-state index in [0.717, 1.165) is 38.2 Å². The molecule has 180 valence electrons. The number of aromatic nitrogens is 2. The second-order valence-electron chi connectivity index (χ2n) is 9.42. The van der Waals surface area contributed by atoms with E-state index in [1.807, 2.05) is 6.07 Å². The predicted octanol–water partition coefficient (Wildman–Crippen LogP) is 9.94. The summed E-state index contributed by atoms with van der Waals surface area (Å²) in [5, 5.41) is 2.50. The number of hydrogen-bond donors (Lipinski definition) is 0. The largest absolute Gasteiger partial charge is 0.309 e. The van der Waals surface area contributed by atoms with Crippen molar-refractivity contribution in [1.82, 2.24) is 9.55 Å². The highest BCUT2D eigenvalue weighted by Gasteiger charge is 2.13. The van der Waals surface area contributed by atoms with Crippen molar-refractivity contribution < 1.29 is 0 Å². The van der Waals surface area contributed by atoms with Gasteiger partial charge in [0.15, 0.2) is 0 Å². The Labute approximate surface area is 230 Å². The lowest BCUT2D eigenvalue weighted by Gasteiger charge is -2.12. The summed E-state index contributed by atoms with van der Waals surface area (Å²) >= 11 is 3.67. The molecule has 2 nitrogen and oxygen atoms in total. The zero-order chi connectivity index (χ0) is 25.5. The van der Waals surface area contributed by atoms with Gasteiger partial charge in [-0.2, -0.15) is 0 Å². The molecule has 0 unspecified atom stereocenters. The third-order valence-corrected chi connectivity index (χ3v) is 7.55. The minimum absolute atomic E-state index is 0.960. The first kappa shape index (κ1) is 22.7. The summed E-state index contributed by atoms with van der Waals surface area (Å²) in [7, 11) is 0. The van der Waals surface area contributed by atoms with Crippen LogP contribution in [0, 0.1) is 0 Å². The molecular weight excluding hydrogens is 528 g/mol. The fourth-order valence-corrected chi connectivity index (χ4v) is 5.58. The maximum absolute atomic E-state index is 5.09. The molecule has 2 aromatic heterocycles. The molecule has 7 aromatic rings. The third-order valence-electron chi connectivity index (χ3n) is 7.06. The SMILES string of the molecule is Brc1ccc2c3ccccc3n(-c3ccc(-c4cc(-c5ccccc5)cc(-c5ccccc5)n4)cc3)c2c1. The molecule has 7 rings (SSSR count). The smallest absolute Gasteiger partial charge is 0.0715 e. The van der Waals surface area contributed by atoms with E-state index in [9.17, 15) is 0 Å². The molecule has 0 N–H and O–H groups in total. The predicted molar refractivity (Wildman–Crippen MR) is 163 cm³/mol. The van der Waals surface area contributed by atoms with Gasteiger partial charge in [0.25, 0.3) is 0 Å². The molecule has 0 aliphatic carbocycles. The van der Waals surface area contributed by atoms with Crippen LogP contribution in [0.4, 0.5) is 0 Å². The van der Waals surface area contributed by atoms with Crippen LogP contribution in [-0.4, -0.2) is 9.55 Å². The fraction of sp³-hybridized carbons (Fsp3) is 0. The number of halogens is 1. The Morgan fingerprint density at radius 2 is 1.03 bits per heavy atom. The molecule has 5 aromatic carbocycles. The van der Waals surface area contributed by atoms with Crippen LogP contribution in [-0.2, 0) is 0 Å². The number of pyridine rings is 1. The van der Waals surface area contributed by atoms with E-state index in [1.165, 1.54) is 27.4 Å². The van der Waals surface area contributed by atoms with E-state index < -0.39 is 0 Å². The van der Waals surface area contributed by atoms with Gasteiger partial charge in [-0.05, 0) is 53.6 Å². The average Bonchev–Trinajstić information content (AvgIpc) is 3.31. The van der Waals surface area contributed by atoms with Crippen LogP contribution in [0.15, 0.2) is 144 Å². The zero-order valence-electron chi connectivity index (χ0n) is 20.6. The number of benzene rings is 5. The normalized spacial score (nSPS) is 11.3. The van der Waals surface area contributed by atoms with Gasteiger partial charge < -0.3 is 4.57 Å². The summed E-state index contributed by atoms with van der Waals surface area (Å²) in [4.78, 5) is 5.09. The maximum atomic E-state index is 5.09. The van der Waals surface area contributed by atoms with Crippen molar-refractivity contribution in [2.45, 2.75) is 0 Å². The Kier molecular flexibility index (Phi) is 5.64. The van der Waals surface area contributed by atoms with E-state index >= 15 is 0 Å². The second-order valence-corrected chi connectivity index (χ2v) is 10.3. The molecule has 0 bridgehead atoms. The van der Waals surface area contributed by atoms with Crippen LogP contribution in [0.2, 0.25) is 0 Å². The quantitative estimate of drug-likeness (QED) is 0.213. The van der Waals surface area contributed by atoms with Crippen LogP contribution >= 0.6 is 15.9 Å². The van der Waals surface area contributed by atoms with Crippen molar-refractivity contribution in [2.24, 2.45) is 0 Å². The highest BCUT2D eigenvalue weighted by molar-refractivity contribution is 9.10. The number of fused-ring (bicyclic) bond motifs is 3. The molecule has 0 radical (unpaired) electrons. The van der Waals surface area contributed by atoms with Crippen molar-refractivity contribution in [3.05, 3.63) is 144 Å². The molecule has 0 aliphatic heterocycles. The van der Waals surface area contributed by atoms with Crippen molar-refractivity contribution in [1.29, 1.82) is 0 Å². The molecule has 0 saturated carbocycles. The molecule has 0 fully saturated rings. The zero-order valence-corrected chi connectivity index (χ0v) is 22.1. The van der Waals surface area contributed by atoms with Gasteiger partial charge in [-0.1, -0.05) is 113 Å². The minimum Gasteiger partial charge on any atom is -0.309 e. The second kappa shape index (κ2) is 9.44. The fourth-order valence-electron chi connectivity index (χ4n) is 5.24. The van der Waals surface area contributed by atoms with Gasteiger partial charge in [-0.25, -0.2) is 4.98 Å². The number of para-hydroxylation sites is 1. The Hall–Kier alpha value is -4.47. The third kappa shape index (κ3) is 4.02. The van der Waals surface area contributed by atoms with Gasteiger partial charge in [0.2, 0.25) is 0 Å². The summed E-state index contributed by atoms with van der Waals surface area (Å²) in [6, 6.07) is 49.1. The Bertz CT molecular complexity index is 1850. The van der Waals surface area contributed by atoms with Gasteiger partial charge in [0.05, 0.1) is 22.4 Å². The Morgan fingerprint density at radius 3 is 1.74 bits per heavy atom. The number of hydrogen-bond acceptors (Lipinski definition) is 1. The van der Waals surface area contributed by atoms with E-state index in [1.54, 1.807) is 0 Å². The first-order valence-corrected chi connectivity index (χ1v) is 13.5. The first-order chi connectivity index (χ1) is 18.7. The molecule has 2 heterocycles. The van der Waals surface area contributed by atoms with Crippen LogP contribution in [0.1, 0.15) is 0 Å². The van der Waals surface area contributed by atoms with Gasteiger partial charge in [-0.3, -0.25) is 0 Å². The molecule has 0 spiro atoms. The van der Waals surface area contributed by atoms with Crippen molar-refractivity contribution >= 4 is 37.7 Å². The van der Waals surface area contributed by atoms with Crippen molar-refractivity contribution in [3.63, 3.8) is 0 Å². The standard InChI is InChI=1S/C35H23BrN2/c36-28-17-20-31-30-13-7-8-14-34(30)38(35(31)23-28)29-18-15-26(16-19-29)33-22-27(24-9-3-1-4-10-24)21-32(37-33)25-11-5-2-6-12-25/h1-23H. The topological polar surface area (TPSA) is 17.8 Å². The molecule has 3 heteroatoms. The van der Waals surface area contributed by atoms with Crippen molar-refractivity contribution in [3.8, 4) is 39.3 Å². The summed E-state index contributed by atoms with van der Waals surface area (Å²) in [5.41, 5.74) is 9.98. The lowest BCUT2D eigenvalue weighted by atomic mass is 10.00. The van der Waals surface area contributed by atoms with E-state index in [0.29, 0.717) is 0 Å². The van der Waals surface area contributed by atoms with Crippen LogP contribution in [0.25, 0.3) is 61.1 Å². The maximum Gasteiger partial charge on any atom is 0.0715 e. The lowest BCUT2D eigenvalue weighted by Crippen LogP contribution is -1.95. The van der Waals surface area contributed by atoms with Crippen LogP contribution in [0.5, 0.6) is 0 Å². The van der Waals surface area contributed by atoms with Crippen LogP contribution < -0.4 is 0 Å². The lowest BCUT2D eigenvalue weighted by molar-refractivity contribution is 1.18. The Morgan fingerprint density at radius 1 is 0.447 bits per heavy atom. The van der Waals surface area contributed by atoms with E-state index in [-0.39, 0.29) is 0 Å². The van der Waals surface area contributed by atoms with Gasteiger partial charge >= 0.3 is 0 Å². The summed E-state index contributed by atoms with van der Waals surface area (Å²) in [5.74, 6) is 0. The van der Waals surface area contributed by atoms with E-state index in [2.05, 4.69) is 154 Å². The van der Waals surface area contributed by atoms with Gasteiger partial charge in [-0.15, -0.1) is 0 Å². The monoisotopic (exact) mass is 550 g/mol. The molecule has 0 saturated heterocycles. The Balaban J connectivity index is 1.37.